The Morgan fingerprint density at radius 3 is 2.44 bits per heavy atom. The van der Waals surface area contributed by atoms with Crippen LogP contribution in [0.25, 0.3) is 0 Å². The zero-order valence-corrected chi connectivity index (χ0v) is 12.2. The number of esters is 1. The molecule has 3 N–H and O–H groups in total. The SMILES string of the molecule is CC(=O)N[C@@H]1[C@@H](OC(C)=O)[C@H](O)[C@@H](CI)O[C@@H]1O. The molecule has 0 unspecified atom stereocenters. The number of carbonyl (C=O) groups is 2. The molecule has 1 heterocycles. The van der Waals surface area contributed by atoms with Crippen LogP contribution in [-0.2, 0) is 19.1 Å². The molecule has 0 radical (unpaired) electrons. The van der Waals surface area contributed by atoms with Crippen LogP contribution in [0.3, 0.4) is 0 Å². The van der Waals surface area contributed by atoms with E-state index in [1.54, 1.807) is 0 Å². The lowest BCUT2D eigenvalue weighted by molar-refractivity contribution is -0.246. The van der Waals surface area contributed by atoms with Crippen molar-refractivity contribution in [3.8, 4) is 0 Å². The summed E-state index contributed by atoms with van der Waals surface area (Å²) in [5.74, 6) is -1.02. The van der Waals surface area contributed by atoms with Gasteiger partial charge in [0.15, 0.2) is 12.4 Å². The Balaban J connectivity index is 2.89. The summed E-state index contributed by atoms with van der Waals surface area (Å²) in [4.78, 5) is 22.1. The van der Waals surface area contributed by atoms with Gasteiger partial charge in [-0.25, -0.2) is 0 Å². The summed E-state index contributed by atoms with van der Waals surface area (Å²) < 4.78 is 10.6. The fraction of sp³-hybridized carbons (Fsp3) is 0.800. The molecule has 7 nitrogen and oxygen atoms in total. The molecule has 0 aromatic heterocycles. The van der Waals surface area contributed by atoms with E-state index in [4.69, 9.17) is 9.47 Å². The Morgan fingerprint density at radius 2 is 2.00 bits per heavy atom. The summed E-state index contributed by atoms with van der Waals surface area (Å²) >= 11 is 1.98. The molecule has 0 spiro atoms. The third-order valence-electron chi connectivity index (χ3n) is 2.52. The van der Waals surface area contributed by atoms with E-state index in [2.05, 4.69) is 5.32 Å². The van der Waals surface area contributed by atoms with E-state index < -0.39 is 42.5 Å². The standard InChI is InChI=1S/C10H16INO6/c1-4(13)12-7-9(17-5(2)14)8(15)6(3-11)18-10(7)16/h6-10,15-16H,3H2,1-2H3,(H,12,13)/t6-,7-,8-,9-,10+/m1/s1. The van der Waals surface area contributed by atoms with Gasteiger partial charge in [0, 0.05) is 18.3 Å². The van der Waals surface area contributed by atoms with Gasteiger partial charge < -0.3 is 25.0 Å². The molecule has 0 aliphatic carbocycles. The van der Waals surface area contributed by atoms with Gasteiger partial charge in [-0.05, 0) is 0 Å². The Kier molecular flexibility index (Phi) is 5.76. The van der Waals surface area contributed by atoms with Crippen LogP contribution in [-0.4, -0.2) is 57.2 Å². The molecular weight excluding hydrogens is 357 g/mol. The first-order valence-corrected chi connectivity index (χ1v) is 6.91. The Morgan fingerprint density at radius 1 is 1.39 bits per heavy atom. The smallest absolute Gasteiger partial charge is 0.303 e. The highest BCUT2D eigenvalue weighted by Crippen LogP contribution is 2.24. The largest absolute Gasteiger partial charge is 0.457 e. The fourth-order valence-corrected chi connectivity index (χ4v) is 2.51. The van der Waals surface area contributed by atoms with Crippen LogP contribution in [0, 0.1) is 0 Å². The second-order valence-corrected chi connectivity index (χ2v) is 4.89. The topological polar surface area (TPSA) is 105 Å². The maximum absolute atomic E-state index is 11.0. The summed E-state index contributed by atoms with van der Waals surface area (Å²) in [6.45, 7) is 2.45. The minimum absolute atomic E-state index is 0.417. The lowest BCUT2D eigenvalue weighted by Crippen LogP contribution is -2.64. The molecule has 1 aliphatic rings. The number of aliphatic hydroxyl groups excluding tert-OH is 2. The van der Waals surface area contributed by atoms with Gasteiger partial charge in [-0.15, -0.1) is 0 Å². The van der Waals surface area contributed by atoms with Crippen molar-refractivity contribution in [1.82, 2.24) is 5.32 Å². The lowest BCUT2D eigenvalue weighted by atomic mass is 9.97. The molecule has 1 fully saturated rings. The third-order valence-corrected chi connectivity index (χ3v) is 3.39. The molecule has 0 aromatic rings. The molecule has 18 heavy (non-hydrogen) atoms. The van der Waals surface area contributed by atoms with Crippen molar-refractivity contribution >= 4 is 34.5 Å². The van der Waals surface area contributed by atoms with Crippen molar-refractivity contribution in [2.75, 3.05) is 4.43 Å². The van der Waals surface area contributed by atoms with Gasteiger partial charge in [-0.2, -0.15) is 0 Å². The second kappa shape index (κ2) is 6.64. The zero-order valence-electron chi connectivity index (χ0n) is 10.00. The van der Waals surface area contributed by atoms with Gasteiger partial charge in [0.25, 0.3) is 0 Å². The molecule has 1 saturated heterocycles. The summed E-state index contributed by atoms with van der Waals surface area (Å²) in [7, 11) is 0. The summed E-state index contributed by atoms with van der Waals surface area (Å²) in [5, 5.41) is 22.2. The molecule has 0 aromatic carbocycles. The van der Waals surface area contributed by atoms with Crippen molar-refractivity contribution in [3.05, 3.63) is 0 Å². The predicted octanol–water partition coefficient (Wildman–Crippen LogP) is -1.06. The molecule has 0 saturated carbocycles. The number of carbonyl (C=O) groups excluding carboxylic acids is 2. The number of ether oxygens (including phenoxy) is 2. The predicted molar refractivity (Wildman–Crippen MR) is 68.9 cm³/mol. The first-order chi connectivity index (χ1) is 8.36. The highest BCUT2D eigenvalue weighted by molar-refractivity contribution is 14.1. The first kappa shape index (κ1) is 15.6. The van der Waals surface area contributed by atoms with Crippen molar-refractivity contribution in [3.63, 3.8) is 0 Å². The number of rotatable bonds is 3. The Labute approximate surface area is 118 Å². The third kappa shape index (κ3) is 3.77. The number of alkyl halides is 1. The number of halogens is 1. The van der Waals surface area contributed by atoms with E-state index in [9.17, 15) is 19.8 Å². The summed E-state index contributed by atoms with van der Waals surface area (Å²) in [6, 6.07) is -0.986. The Hall–Kier alpha value is -0.450. The lowest BCUT2D eigenvalue weighted by Gasteiger charge is -2.41. The van der Waals surface area contributed by atoms with Crippen LogP contribution in [0.4, 0.5) is 0 Å². The fourth-order valence-electron chi connectivity index (χ4n) is 1.78. The molecule has 8 heteroatoms. The Bertz CT molecular complexity index is 325. The average molecular weight is 373 g/mol. The van der Waals surface area contributed by atoms with E-state index in [-0.39, 0.29) is 0 Å². The van der Waals surface area contributed by atoms with E-state index in [0.29, 0.717) is 4.43 Å². The molecule has 0 bridgehead atoms. The highest BCUT2D eigenvalue weighted by Gasteiger charge is 2.46. The normalized spacial score (nSPS) is 35.9. The monoisotopic (exact) mass is 373 g/mol. The van der Waals surface area contributed by atoms with Crippen molar-refractivity contribution < 1.29 is 29.3 Å². The van der Waals surface area contributed by atoms with Crippen LogP contribution in [0.2, 0.25) is 0 Å². The van der Waals surface area contributed by atoms with E-state index in [0.717, 1.165) is 0 Å². The first-order valence-electron chi connectivity index (χ1n) is 5.38. The molecule has 5 atom stereocenters. The average Bonchev–Trinajstić information content (AvgIpc) is 2.27. The molecule has 1 rings (SSSR count). The van der Waals surface area contributed by atoms with Crippen molar-refractivity contribution in [1.29, 1.82) is 0 Å². The molecule has 1 amide bonds. The van der Waals surface area contributed by atoms with E-state index in [1.807, 2.05) is 22.6 Å². The summed E-state index contributed by atoms with van der Waals surface area (Å²) in [5.41, 5.74) is 0. The van der Waals surface area contributed by atoms with Crippen LogP contribution in [0.5, 0.6) is 0 Å². The maximum Gasteiger partial charge on any atom is 0.303 e. The second-order valence-electron chi connectivity index (χ2n) is 4.01. The number of amides is 1. The van der Waals surface area contributed by atoms with Crippen molar-refractivity contribution in [2.45, 2.75) is 44.5 Å². The minimum atomic E-state index is -1.33. The van der Waals surface area contributed by atoms with Gasteiger partial charge in [-0.1, -0.05) is 22.6 Å². The zero-order chi connectivity index (χ0) is 13.9. The maximum atomic E-state index is 11.0. The number of nitrogens with one attached hydrogen (secondary N) is 1. The summed E-state index contributed by atoms with van der Waals surface area (Å²) in [6.07, 6.45) is -4.13. The minimum Gasteiger partial charge on any atom is -0.457 e. The van der Waals surface area contributed by atoms with Crippen LogP contribution in [0.1, 0.15) is 13.8 Å². The molecular formula is C10H16INO6. The van der Waals surface area contributed by atoms with Crippen molar-refractivity contribution in [2.24, 2.45) is 0 Å². The van der Waals surface area contributed by atoms with E-state index >= 15 is 0 Å². The molecule has 1 aliphatic heterocycles. The van der Waals surface area contributed by atoms with Gasteiger partial charge in [0.2, 0.25) is 5.91 Å². The quantitative estimate of drug-likeness (QED) is 0.331. The van der Waals surface area contributed by atoms with Gasteiger partial charge in [0.05, 0.1) is 6.10 Å². The van der Waals surface area contributed by atoms with E-state index in [1.165, 1.54) is 13.8 Å². The van der Waals surface area contributed by atoms with Crippen LogP contribution >= 0.6 is 22.6 Å². The number of hydrogen-bond acceptors (Lipinski definition) is 6. The molecule has 104 valence electrons. The number of hydrogen-bond donors (Lipinski definition) is 3. The van der Waals surface area contributed by atoms with Crippen LogP contribution < -0.4 is 5.32 Å². The van der Waals surface area contributed by atoms with Gasteiger partial charge >= 0.3 is 5.97 Å². The van der Waals surface area contributed by atoms with Gasteiger partial charge in [0.1, 0.15) is 12.1 Å². The van der Waals surface area contributed by atoms with Gasteiger partial charge in [-0.3, -0.25) is 9.59 Å². The number of aliphatic hydroxyl groups is 2. The highest BCUT2D eigenvalue weighted by atomic mass is 127. The van der Waals surface area contributed by atoms with Crippen LogP contribution in [0.15, 0.2) is 0 Å².